The van der Waals surface area contributed by atoms with Crippen LogP contribution in [0, 0.1) is 0 Å². The zero-order valence-corrected chi connectivity index (χ0v) is 7.86. The first-order valence-electron chi connectivity index (χ1n) is 3.97. The number of rotatable bonds is 4. The first-order valence-corrected chi connectivity index (χ1v) is 4.85. The minimum atomic E-state index is 0.566. The van der Waals surface area contributed by atoms with Gasteiger partial charge < -0.3 is 0 Å². The first-order chi connectivity index (χ1) is 5.88. The molecule has 1 aromatic heterocycles. The van der Waals surface area contributed by atoms with Crippen LogP contribution in [0.4, 0.5) is 0 Å². The summed E-state index contributed by atoms with van der Waals surface area (Å²) in [4.78, 5) is 14.7. The zero-order valence-electron chi connectivity index (χ0n) is 7.04. The normalized spacial score (nSPS) is 9.42. The van der Waals surface area contributed by atoms with Gasteiger partial charge in [0, 0.05) is 11.3 Å². The molecule has 0 fully saturated rings. The Hall–Kier alpha value is -0.920. The number of aliphatic imine (C=N–C) groups is 1. The SMILES string of the molecule is CCc1ccsc1CCN=C=O. The van der Waals surface area contributed by atoms with Gasteiger partial charge in [-0.1, -0.05) is 6.92 Å². The molecule has 0 unspecified atom stereocenters. The van der Waals surface area contributed by atoms with E-state index in [1.165, 1.54) is 10.4 Å². The Balaban J connectivity index is 2.55. The largest absolute Gasteiger partial charge is 0.234 e. The van der Waals surface area contributed by atoms with Gasteiger partial charge in [-0.05, 0) is 23.4 Å². The summed E-state index contributed by atoms with van der Waals surface area (Å²) in [7, 11) is 0. The molecule has 0 bridgehead atoms. The van der Waals surface area contributed by atoms with E-state index < -0.39 is 0 Å². The average molecular weight is 181 g/mol. The van der Waals surface area contributed by atoms with E-state index in [-0.39, 0.29) is 0 Å². The standard InChI is InChI=1S/C9H11NOS/c1-2-8-4-6-12-9(8)3-5-10-7-11/h4,6H,2-3,5H2,1H3. The van der Waals surface area contributed by atoms with Gasteiger partial charge in [-0.2, -0.15) is 0 Å². The van der Waals surface area contributed by atoms with Crippen LogP contribution in [0.1, 0.15) is 17.4 Å². The number of isocyanates is 1. The van der Waals surface area contributed by atoms with Gasteiger partial charge in [-0.25, -0.2) is 9.79 Å². The Morgan fingerprint density at radius 3 is 3.17 bits per heavy atom. The molecule has 1 aromatic rings. The Bertz CT molecular complexity index is 286. The highest BCUT2D eigenvalue weighted by molar-refractivity contribution is 7.10. The molecule has 0 aliphatic rings. The van der Waals surface area contributed by atoms with E-state index in [9.17, 15) is 4.79 Å². The molecule has 2 nitrogen and oxygen atoms in total. The van der Waals surface area contributed by atoms with Gasteiger partial charge in [-0.3, -0.25) is 0 Å². The Morgan fingerprint density at radius 1 is 1.67 bits per heavy atom. The maximum Gasteiger partial charge on any atom is 0.234 e. The van der Waals surface area contributed by atoms with Gasteiger partial charge in [-0.15, -0.1) is 11.3 Å². The van der Waals surface area contributed by atoms with E-state index in [1.807, 2.05) is 0 Å². The molecule has 3 heteroatoms. The second-order valence-corrected chi connectivity index (χ2v) is 3.45. The summed E-state index contributed by atoms with van der Waals surface area (Å²) >= 11 is 1.73. The monoisotopic (exact) mass is 181 g/mol. The number of hydrogen-bond acceptors (Lipinski definition) is 3. The summed E-state index contributed by atoms with van der Waals surface area (Å²) < 4.78 is 0. The summed E-state index contributed by atoms with van der Waals surface area (Å²) in [5.41, 5.74) is 1.38. The number of nitrogens with zero attached hydrogens (tertiary/aromatic N) is 1. The predicted octanol–water partition coefficient (Wildman–Crippen LogP) is 2.19. The number of carbonyl (C=O) groups excluding carboxylic acids is 1. The number of aryl methyl sites for hydroxylation is 1. The van der Waals surface area contributed by atoms with Crippen molar-refractivity contribution in [2.75, 3.05) is 6.54 Å². The summed E-state index contributed by atoms with van der Waals surface area (Å²) in [5.74, 6) is 0. The smallest absolute Gasteiger partial charge is 0.211 e. The fourth-order valence-corrected chi connectivity index (χ4v) is 2.07. The fraction of sp³-hybridized carbons (Fsp3) is 0.444. The molecule has 1 rings (SSSR count). The Labute approximate surface area is 76.0 Å². The van der Waals surface area contributed by atoms with E-state index in [0.29, 0.717) is 6.54 Å². The molecule has 0 radical (unpaired) electrons. The minimum absolute atomic E-state index is 0.566. The van der Waals surface area contributed by atoms with Crippen LogP contribution in [0.2, 0.25) is 0 Å². The van der Waals surface area contributed by atoms with Crippen LogP contribution in [0.5, 0.6) is 0 Å². The topological polar surface area (TPSA) is 29.4 Å². The lowest BCUT2D eigenvalue weighted by molar-refractivity contribution is 0.563. The fourth-order valence-electron chi connectivity index (χ4n) is 1.10. The molecular weight excluding hydrogens is 170 g/mol. The molecular formula is C9H11NOS. The molecule has 64 valence electrons. The van der Waals surface area contributed by atoms with Crippen LogP contribution >= 0.6 is 11.3 Å². The van der Waals surface area contributed by atoms with E-state index in [1.54, 1.807) is 17.4 Å². The molecule has 12 heavy (non-hydrogen) atoms. The van der Waals surface area contributed by atoms with Crippen molar-refractivity contribution in [3.05, 3.63) is 21.9 Å². The molecule has 0 aliphatic carbocycles. The van der Waals surface area contributed by atoms with E-state index >= 15 is 0 Å². The Kier molecular flexibility index (Phi) is 3.71. The zero-order chi connectivity index (χ0) is 8.81. The third-order valence-corrected chi connectivity index (χ3v) is 2.76. The van der Waals surface area contributed by atoms with Gasteiger partial charge in [0.2, 0.25) is 6.08 Å². The number of thiophene rings is 1. The van der Waals surface area contributed by atoms with Crippen LogP contribution in [0.3, 0.4) is 0 Å². The lowest BCUT2D eigenvalue weighted by atomic mass is 10.2. The van der Waals surface area contributed by atoms with Crippen molar-refractivity contribution >= 4 is 17.4 Å². The highest BCUT2D eigenvalue weighted by Crippen LogP contribution is 2.17. The predicted molar refractivity (Wildman–Crippen MR) is 50.4 cm³/mol. The van der Waals surface area contributed by atoms with Gasteiger partial charge in [0.15, 0.2) is 0 Å². The van der Waals surface area contributed by atoms with Crippen molar-refractivity contribution in [1.82, 2.24) is 0 Å². The summed E-state index contributed by atoms with van der Waals surface area (Å²) in [5, 5.41) is 2.08. The molecule has 0 N–H and O–H groups in total. The van der Waals surface area contributed by atoms with Gasteiger partial charge in [0.1, 0.15) is 0 Å². The van der Waals surface area contributed by atoms with Crippen molar-refractivity contribution in [3.8, 4) is 0 Å². The molecule has 0 saturated carbocycles. The first kappa shape index (κ1) is 9.17. The molecule has 1 heterocycles. The highest BCUT2D eigenvalue weighted by atomic mass is 32.1. The average Bonchev–Trinajstić information content (AvgIpc) is 2.52. The van der Waals surface area contributed by atoms with Crippen molar-refractivity contribution in [3.63, 3.8) is 0 Å². The maximum absolute atomic E-state index is 9.80. The van der Waals surface area contributed by atoms with Crippen LogP contribution < -0.4 is 0 Å². The molecule has 0 spiro atoms. The number of hydrogen-bond donors (Lipinski definition) is 0. The quantitative estimate of drug-likeness (QED) is 0.517. The molecule has 0 aliphatic heterocycles. The lowest BCUT2D eigenvalue weighted by Crippen LogP contribution is -1.89. The van der Waals surface area contributed by atoms with E-state index in [4.69, 9.17) is 0 Å². The second kappa shape index (κ2) is 4.86. The third kappa shape index (κ3) is 2.29. The minimum Gasteiger partial charge on any atom is -0.211 e. The second-order valence-electron chi connectivity index (χ2n) is 2.45. The molecule has 0 atom stereocenters. The highest BCUT2D eigenvalue weighted by Gasteiger charge is 2.00. The van der Waals surface area contributed by atoms with Crippen molar-refractivity contribution in [1.29, 1.82) is 0 Å². The maximum atomic E-state index is 9.80. The lowest BCUT2D eigenvalue weighted by Gasteiger charge is -1.96. The molecule has 0 aromatic carbocycles. The van der Waals surface area contributed by atoms with Gasteiger partial charge in [0.05, 0.1) is 6.54 Å². The van der Waals surface area contributed by atoms with Gasteiger partial charge in [0.25, 0.3) is 0 Å². The van der Waals surface area contributed by atoms with Crippen molar-refractivity contribution in [2.45, 2.75) is 19.8 Å². The summed E-state index contributed by atoms with van der Waals surface area (Å²) in [6.45, 7) is 2.70. The molecule has 0 amide bonds. The third-order valence-electron chi connectivity index (χ3n) is 1.73. The Morgan fingerprint density at radius 2 is 2.50 bits per heavy atom. The van der Waals surface area contributed by atoms with Crippen LogP contribution in [0.15, 0.2) is 16.4 Å². The van der Waals surface area contributed by atoms with E-state index in [0.717, 1.165) is 12.8 Å². The summed E-state index contributed by atoms with van der Waals surface area (Å²) in [6, 6.07) is 2.13. The van der Waals surface area contributed by atoms with Crippen molar-refractivity contribution < 1.29 is 4.79 Å². The van der Waals surface area contributed by atoms with Crippen LogP contribution in [-0.4, -0.2) is 12.6 Å². The van der Waals surface area contributed by atoms with Crippen molar-refractivity contribution in [2.24, 2.45) is 4.99 Å². The van der Waals surface area contributed by atoms with Gasteiger partial charge >= 0.3 is 0 Å². The summed E-state index contributed by atoms with van der Waals surface area (Å²) in [6.07, 6.45) is 3.48. The van der Waals surface area contributed by atoms with Crippen LogP contribution in [0.25, 0.3) is 0 Å². The van der Waals surface area contributed by atoms with Crippen LogP contribution in [-0.2, 0) is 17.6 Å². The molecule has 0 saturated heterocycles. The van der Waals surface area contributed by atoms with E-state index in [2.05, 4.69) is 23.4 Å².